The molecule has 78 valence electrons. The molecule has 0 atom stereocenters. The van der Waals surface area contributed by atoms with E-state index in [4.69, 9.17) is 5.73 Å². The van der Waals surface area contributed by atoms with Gasteiger partial charge in [0, 0.05) is 6.54 Å². The minimum Gasteiger partial charge on any atom is -0.450 e. The van der Waals surface area contributed by atoms with Crippen LogP contribution in [0.5, 0.6) is 0 Å². The second-order valence-corrected chi connectivity index (χ2v) is 3.18. The number of carbonyl (C=O) groups is 1. The Morgan fingerprint density at radius 1 is 1.38 bits per heavy atom. The van der Waals surface area contributed by atoms with Gasteiger partial charge < -0.3 is 15.4 Å². The first-order valence-electron chi connectivity index (χ1n) is 4.77. The van der Waals surface area contributed by atoms with Crippen molar-refractivity contribution in [2.75, 3.05) is 26.7 Å². The van der Waals surface area contributed by atoms with Crippen molar-refractivity contribution < 1.29 is 9.53 Å². The van der Waals surface area contributed by atoms with Gasteiger partial charge in [-0.2, -0.15) is 0 Å². The Balaban J connectivity index is 3.16. The van der Waals surface area contributed by atoms with Crippen molar-refractivity contribution in [1.29, 1.82) is 0 Å². The first-order valence-corrected chi connectivity index (χ1v) is 4.77. The molecule has 0 aromatic heterocycles. The molecule has 0 saturated carbocycles. The second kappa shape index (κ2) is 7.86. The fourth-order valence-corrected chi connectivity index (χ4v) is 1.05. The number of rotatable bonds is 7. The van der Waals surface area contributed by atoms with E-state index in [2.05, 4.69) is 23.6 Å². The smallest absolute Gasteiger partial charge is 0.404 e. The van der Waals surface area contributed by atoms with Crippen LogP contribution in [0.2, 0.25) is 0 Å². The van der Waals surface area contributed by atoms with Gasteiger partial charge >= 0.3 is 6.09 Å². The Labute approximate surface area is 80.0 Å². The molecule has 4 nitrogen and oxygen atoms in total. The zero-order chi connectivity index (χ0) is 10.1. The summed E-state index contributed by atoms with van der Waals surface area (Å²) in [4.78, 5) is 12.4. The van der Waals surface area contributed by atoms with Gasteiger partial charge in [-0.3, -0.25) is 0 Å². The summed E-state index contributed by atoms with van der Waals surface area (Å²) in [5.74, 6) is 0. The SMILES string of the molecule is CCCCN(C)CCCOC(N)=O. The zero-order valence-corrected chi connectivity index (χ0v) is 8.58. The lowest BCUT2D eigenvalue weighted by Gasteiger charge is -2.15. The van der Waals surface area contributed by atoms with Gasteiger partial charge in [0.1, 0.15) is 0 Å². The fraction of sp³-hybridized carbons (Fsp3) is 0.889. The van der Waals surface area contributed by atoms with E-state index in [1.807, 2.05) is 0 Å². The van der Waals surface area contributed by atoms with E-state index >= 15 is 0 Å². The van der Waals surface area contributed by atoms with E-state index in [9.17, 15) is 4.79 Å². The van der Waals surface area contributed by atoms with Gasteiger partial charge in [-0.15, -0.1) is 0 Å². The van der Waals surface area contributed by atoms with Crippen LogP contribution in [-0.2, 0) is 4.74 Å². The van der Waals surface area contributed by atoms with E-state index in [0.29, 0.717) is 6.61 Å². The van der Waals surface area contributed by atoms with Crippen LogP contribution in [-0.4, -0.2) is 37.7 Å². The van der Waals surface area contributed by atoms with Crippen LogP contribution in [0.3, 0.4) is 0 Å². The van der Waals surface area contributed by atoms with E-state index in [1.165, 1.54) is 12.8 Å². The number of primary amides is 1. The summed E-state index contributed by atoms with van der Waals surface area (Å²) in [6, 6.07) is 0. The minimum absolute atomic E-state index is 0.422. The number of amides is 1. The molecule has 0 unspecified atom stereocenters. The Hall–Kier alpha value is -0.770. The topological polar surface area (TPSA) is 55.6 Å². The van der Waals surface area contributed by atoms with E-state index in [0.717, 1.165) is 19.5 Å². The van der Waals surface area contributed by atoms with Crippen LogP contribution in [0.4, 0.5) is 4.79 Å². The van der Waals surface area contributed by atoms with Crippen LogP contribution >= 0.6 is 0 Å². The maximum atomic E-state index is 10.2. The Bertz CT molecular complexity index is 140. The monoisotopic (exact) mass is 188 g/mol. The predicted molar refractivity (Wildman–Crippen MR) is 52.6 cm³/mol. The standard InChI is InChI=1S/C9H20N2O2/c1-3-4-6-11(2)7-5-8-13-9(10)12/h3-8H2,1-2H3,(H2,10,12). The molecule has 0 heterocycles. The summed E-state index contributed by atoms with van der Waals surface area (Å²) in [6.07, 6.45) is 2.59. The summed E-state index contributed by atoms with van der Waals surface area (Å²) in [5, 5.41) is 0. The van der Waals surface area contributed by atoms with Crippen molar-refractivity contribution in [3.63, 3.8) is 0 Å². The highest BCUT2D eigenvalue weighted by Gasteiger charge is 1.98. The van der Waals surface area contributed by atoms with Crippen molar-refractivity contribution in [2.45, 2.75) is 26.2 Å². The molecule has 13 heavy (non-hydrogen) atoms. The van der Waals surface area contributed by atoms with Crippen molar-refractivity contribution >= 4 is 6.09 Å². The number of hydrogen-bond acceptors (Lipinski definition) is 3. The molecule has 0 spiro atoms. The van der Waals surface area contributed by atoms with Crippen LogP contribution in [0.1, 0.15) is 26.2 Å². The van der Waals surface area contributed by atoms with Crippen LogP contribution in [0.25, 0.3) is 0 Å². The molecule has 1 amide bonds. The normalized spacial score (nSPS) is 10.4. The molecule has 0 saturated heterocycles. The second-order valence-electron chi connectivity index (χ2n) is 3.18. The van der Waals surface area contributed by atoms with E-state index in [-0.39, 0.29) is 0 Å². The minimum atomic E-state index is -0.684. The zero-order valence-electron chi connectivity index (χ0n) is 8.58. The van der Waals surface area contributed by atoms with Gasteiger partial charge in [-0.1, -0.05) is 13.3 Å². The molecular weight excluding hydrogens is 168 g/mol. The van der Waals surface area contributed by atoms with Crippen LogP contribution in [0, 0.1) is 0 Å². The Morgan fingerprint density at radius 2 is 2.00 bits per heavy atom. The van der Waals surface area contributed by atoms with Crippen LogP contribution < -0.4 is 5.73 Å². The third kappa shape index (κ3) is 9.14. The third-order valence-corrected chi connectivity index (χ3v) is 1.82. The summed E-state index contributed by atoms with van der Waals surface area (Å²) in [6.45, 7) is 4.65. The number of nitrogens with two attached hydrogens (primary N) is 1. The Morgan fingerprint density at radius 3 is 2.54 bits per heavy atom. The van der Waals surface area contributed by atoms with E-state index < -0.39 is 6.09 Å². The molecule has 0 aromatic carbocycles. The molecule has 4 heteroatoms. The molecule has 0 aromatic rings. The van der Waals surface area contributed by atoms with Gasteiger partial charge in [0.05, 0.1) is 6.61 Å². The molecular formula is C9H20N2O2. The summed E-state index contributed by atoms with van der Waals surface area (Å²) >= 11 is 0. The summed E-state index contributed by atoms with van der Waals surface area (Å²) < 4.78 is 4.61. The molecule has 0 aliphatic heterocycles. The fourth-order valence-electron chi connectivity index (χ4n) is 1.05. The number of unbranched alkanes of at least 4 members (excludes halogenated alkanes) is 1. The molecule has 0 radical (unpaired) electrons. The number of nitrogens with zero attached hydrogens (tertiary/aromatic N) is 1. The molecule has 0 aliphatic rings. The highest BCUT2D eigenvalue weighted by Crippen LogP contribution is 1.93. The highest BCUT2D eigenvalue weighted by atomic mass is 16.5. The number of hydrogen-bond donors (Lipinski definition) is 1. The van der Waals surface area contributed by atoms with Gasteiger partial charge in [-0.05, 0) is 26.4 Å². The molecule has 0 aliphatic carbocycles. The van der Waals surface area contributed by atoms with Crippen molar-refractivity contribution in [1.82, 2.24) is 4.90 Å². The predicted octanol–water partition coefficient (Wildman–Crippen LogP) is 1.20. The van der Waals surface area contributed by atoms with Crippen molar-refractivity contribution in [3.05, 3.63) is 0 Å². The molecule has 0 fully saturated rings. The van der Waals surface area contributed by atoms with Crippen LogP contribution in [0.15, 0.2) is 0 Å². The summed E-state index contributed by atoms with van der Waals surface area (Å²) in [7, 11) is 2.07. The number of ether oxygens (including phenoxy) is 1. The lowest BCUT2D eigenvalue weighted by molar-refractivity contribution is 0.150. The first kappa shape index (κ1) is 12.2. The van der Waals surface area contributed by atoms with Crippen molar-refractivity contribution in [2.24, 2.45) is 5.73 Å². The first-order chi connectivity index (χ1) is 6.16. The average molecular weight is 188 g/mol. The van der Waals surface area contributed by atoms with E-state index in [1.54, 1.807) is 0 Å². The summed E-state index contributed by atoms with van der Waals surface area (Å²) in [5.41, 5.74) is 4.81. The number of carbonyl (C=O) groups excluding carboxylic acids is 1. The lowest BCUT2D eigenvalue weighted by atomic mass is 10.3. The quantitative estimate of drug-likeness (QED) is 0.611. The average Bonchev–Trinajstić information content (AvgIpc) is 2.08. The molecule has 0 bridgehead atoms. The highest BCUT2D eigenvalue weighted by molar-refractivity contribution is 5.64. The molecule has 0 rings (SSSR count). The maximum absolute atomic E-state index is 10.2. The van der Waals surface area contributed by atoms with Gasteiger partial charge in [0.2, 0.25) is 0 Å². The van der Waals surface area contributed by atoms with Gasteiger partial charge in [0.25, 0.3) is 0 Å². The maximum Gasteiger partial charge on any atom is 0.404 e. The Kier molecular flexibility index (Phi) is 7.39. The third-order valence-electron chi connectivity index (χ3n) is 1.82. The van der Waals surface area contributed by atoms with Crippen molar-refractivity contribution in [3.8, 4) is 0 Å². The van der Waals surface area contributed by atoms with Gasteiger partial charge in [0.15, 0.2) is 0 Å². The van der Waals surface area contributed by atoms with Gasteiger partial charge in [-0.25, -0.2) is 4.79 Å². The largest absolute Gasteiger partial charge is 0.450 e. The lowest BCUT2D eigenvalue weighted by Crippen LogP contribution is -2.23. The molecule has 2 N–H and O–H groups in total.